The number of amides is 1. The van der Waals surface area contributed by atoms with Crippen LogP contribution >= 0.6 is 11.8 Å². The third-order valence-electron chi connectivity index (χ3n) is 5.48. The summed E-state index contributed by atoms with van der Waals surface area (Å²) in [4.78, 5) is 13.7. The first-order valence-electron chi connectivity index (χ1n) is 9.33. The lowest BCUT2D eigenvalue weighted by Gasteiger charge is -2.43. The van der Waals surface area contributed by atoms with Crippen LogP contribution in [0.25, 0.3) is 10.9 Å². The number of aromatic nitrogens is 1. The van der Waals surface area contributed by atoms with Gasteiger partial charge in [0, 0.05) is 54.9 Å². The lowest BCUT2D eigenvalue weighted by atomic mass is 9.84. The van der Waals surface area contributed by atoms with Crippen LogP contribution in [0, 0.1) is 0 Å². The van der Waals surface area contributed by atoms with Gasteiger partial charge < -0.3 is 19.4 Å². The van der Waals surface area contributed by atoms with Crippen molar-refractivity contribution in [3.8, 4) is 0 Å². The van der Waals surface area contributed by atoms with Crippen molar-refractivity contribution in [3.63, 3.8) is 0 Å². The summed E-state index contributed by atoms with van der Waals surface area (Å²) in [6.45, 7) is 2.25. The number of aryl methyl sites for hydroxylation is 1. The van der Waals surface area contributed by atoms with E-state index in [-0.39, 0.29) is 17.6 Å². The number of carbonyl (C=O) groups is 1. The standard InChI is InChI=1S/C20H26N2O3S/c1-22-13-18(16-4-2-3-5-17(16)22)26-14-19(23)21-15-6-9-25-20(12-15)7-10-24-11-8-20/h2-5,13,15H,6-12,14H2,1H3,(H,21,23)/t15-/m0/s1. The van der Waals surface area contributed by atoms with Crippen molar-refractivity contribution in [2.45, 2.75) is 42.2 Å². The molecule has 0 radical (unpaired) electrons. The van der Waals surface area contributed by atoms with E-state index in [1.165, 1.54) is 10.9 Å². The molecule has 1 spiro atoms. The molecule has 0 aliphatic carbocycles. The maximum Gasteiger partial charge on any atom is 0.230 e. The maximum atomic E-state index is 12.5. The Kier molecular flexibility index (Phi) is 5.25. The molecule has 2 aliphatic rings. The molecular weight excluding hydrogens is 348 g/mol. The second-order valence-corrected chi connectivity index (χ2v) is 8.33. The normalized spacial score (nSPS) is 22.6. The molecule has 2 aromatic rings. The predicted octanol–water partition coefficient (Wildman–Crippen LogP) is 3.11. The Morgan fingerprint density at radius 1 is 1.31 bits per heavy atom. The largest absolute Gasteiger partial charge is 0.381 e. The van der Waals surface area contributed by atoms with Crippen LogP contribution < -0.4 is 5.32 Å². The van der Waals surface area contributed by atoms with E-state index in [2.05, 4.69) is 28.2 Å². The highest BCUT2D eigenvalue weighted by Gasteiger charge is 2.39. The van der Waals surface area contributed by atoms with E-state index in [9.17, 15) is 4.79 Å². The summed E-state index contributed by atoms with van der Waals surface area (Å²) in [6.07, 6.45) is 5.77. The third kappa shape index (κ3) is 3.77. The SMILES string of the molecule is Cn1cc(SCC(=O)N[C@H]2CCOC3(CCOCC3)C2)c2ccccc21. The molecule has 3 heterocycles. The van der Waals surface area contributed by atoms with Crippen LogP contribution in [0.3, 0.4) is 0 Å². The lowest BCUT2D eigenvalue weighted by Crippen LogP contribution is -2.51. The van der Waals surface area contributed by atoms with E-state index < -0.39 is 0 Å². The van der Waals surface area contributed by atoms with Crippen LogP contribution in [-0.4, -0.2) is 47.7 Å². The number of benzene rings is 1. The van der Waals surface area contributed by atoms with Gasteiger partial charge in [-0.1, -0.05) is 18.2 Å². The molecular formula is C20H26N2O3S. The van der Waals surface area contributed by atoms with Crippen molar-refractivity contribution in [1.82, 2.24) is 9.88 Å². The van der Waals surface area contributed by atoms with Crippen molar-refractivity contribution in [2.75, 3.05) is 25.6 Å². The van der Waals surface area contributed by atoms with E-state index >= 15 is 0 Å². The first kappa shape index (κ1) is 17.9. The summed E-state index contributed by atoms with van der Waals surface area (Å²) >= 11 is 1.61. The van der Waals surface area contributed by atoms with E-state index in [1.807, 2.05) is 19.2 Å². The molecule has 2 saturated heterocycles. The topological polar surface area (TPSA) is 52.5 Å². The molecule has 2 aliphatic heterocycles. The second kappa shape index (κ2) is 7.62. The minimum Gasteiger partial charge on any atom is -0.381 e. The minimum absolute atomic E-state index is 0.0861. The van der Waals surface area contributed by atoms with E-state index in [1.54, 1.807) is 11.8 Å². The number of hydrogen-bond acceptors (Lipinski definition) is 4. The molecule has 5 nitrogen and oxygen atoms in total. The summed E-state index contributed by atoms with van der Waals surface area (Å²) in [6, 6.07) is 8.52. The van der Waals surface area contributed by atoms with Crippen LogP contribution in [0.5, 0.6) is 0 Å². The van der Waals surface area contributed by atoms with Crippen molar-refractivity contribution in [2.24, 2.45) is 7.05 Å². The number of thioether (sulfide) groups is 1. The van der Waals surface area contributed by atoms with Gasteiger partial charge in [-0.3, -0.25) is 4.79 Å². The number of ether oxygens (including phenoxy) is 2. The number of fused-ring (bicyclic) bond motifs is 1. The zero-order valence-electron chi connectivity index (χ0n) is 15.2. The molecule has 1 atom stereocenters. The predicted molar refractivity (Wildman–Crippen MR) is 104 cm³/mol. The van der Waals surface area contributed by atoms with Gasteiger partial charge in [0.1, 0.15) is 0 Å². The molecule has 1 N–H and O–H groups in total. The number of rotatable bonds is 4. The Labute approximate surface area is 158 Å². The first-order valence-corrected chi connectivity index (χ1v) is 10.3. The highest BCUT2D eigenvalue weighted by atomic mass is 32.2. The summed E-state index contributed by atoms with van der Waals surface area (Å²) in [5, 5.41) is 4.44. The van der Waals surface area contributed by atoms with Gasteiger partial charge in [-0.2, -0.15) is 0 Å². The van der Waals surface area contributed by atoms with E-state index in [0.717, 1.165) is 50.4 Å². The van der Waals surface area contributed by atoms with Crippen molar-refractivity contribution < 1.29 is 14.3 Å². The van der Waals surface area contributed by atoms with Gasteiger partial charge in [-0.05, 0) is 31.7 Å². The monoisotopic (exact) mass is 374 g/mol. The summed E-state index contributed by atoms with van der Waals surface area (Å²) in [5.74, 6) is 0.554. The molecule has 0 bridgehead atoms. The third-order valence-corrected chi connectivity index (χ3v) is 6.52. The molecule has 2 fully saturated rings. The minimum atomic E-state index is -0.0861. The molecule has 1 aromatic carbocycles. The Bertz CT molecular complexity index is 777. The average molecular weight is 375 g/mol. The Balaban J connectivity index is 1.33. The van der Waals surface area contributed by atoms with Gasteiger partial charge in [0.2, 0.25) is 5.91 Å². The average Bonchev–Trinajstić information content (AvgIpc) is 2.97. The van der Waals surface area contributed by atoms with Crippen LogP contribution in [-0.2, 0) is 21.3 Å². The highest BCUT2D eigenvalue weighted by Crippen LogP contribution is 2.34. The zero-order valence-corrected chi connectivity index (χ0v) is 16.0. The zero-order chi connectivity index (χ0) is 18.0. The maximum absolute atomic E-state index is 12.5. The van der Waals surface area contributed by atoms with Crippen LogP contribution in [0.15, 0.2) is 35.4 Å². The lowest BCUT2D eigenvalue weighted by molar-refractivity contribution is -0.143. The Hall–Kier alpha value is -1.50. The van der Waals surface area contributed by atoms with Crippen molar-refractivity contribution in [3.05, 3.63) is 30.5 Å². The van der Waals surface area contributed by atoms with Crippen LogP contribution in [0.2, 0.25) is 0 Å². The van der Waals surface area contributed by atoms with Crippen molar-refractivity contribution in [1.29, 1.82) is 0 Å². The van der Waals surface area contributed by atoms with Gasteiger partial charge in [0.25, 0.3) is 0 Å². The molecule has 4 rings (SSSR count). The molecule has 6 heteroatoms. The second-order valence-electron chi connectivity index (χ2n) is 7.31. The number of para-hydroxylation sites is 1. The van der Waals surface area contributed by atoms with Gasteiger partial charge in [0.05, 0.1) is 11.4 Å². The summed E-state index contributed by atoms with van der Waals surface area (Å²) in [5.41, 5.74) is 1.11. The number of nitrogens with one attached hydrogen (secondary N) is 1. The highest BCUT2D eigenvalue weighted by molar-refractivity contribution is 8.00. The quantitative estimate of drug-likeness (QED) is 0.836. The molecule has 26 heavy (non-hydrogen) atoms. The van der Waals surface area contributed by atoms with Crippen LogP contribution in [0.1, 0.15) is 25.7 Å². The fourth-order valence-electron chi connectivity index (χ4n) is 4.07. The molecule has 1 aromatic heterocycles. The molecule has 140 valence electrons. The smallest absolute Gasteiger partial charge is 0.230 e. The van der Waals surface area contributed by atoms with Crippen LogP contribution in [0.4, 0.5) is 0 Å². The van der Waals surface area contributed by atoms with Gasteiger partial charge in [0.15, 0.2) is 0 Å². The number of carbonyl (C=O) groups excluding carboxylic acids is 1. The Morgan fingerprint density at radius 2 is 2.12 bits per heavy atom. The number of hydrogen-bond donors (Lipinski definition) is 1. The first-order chi connectivity index (χ1) is 12.7. The van der Waals surface area contributed by atoms with E-state index in [0.29, 0.717) is 5.75 Å². The van der Waals surface area contributed by atoms with Gasteiger partial charge >= 0.3 is 0 Å². The Morgan fingerprint density at radius 3 is 2.96 bits per heavy atom. The van der Waals surface area contributed by atoms with Crippen molar-refractivity contribution >= 4 is 28.6 Å². The summed E-state index contributed by atoms with van der Waals surface area (Å²) < 4.78 is 13.6. The van der Waals surface area contributed by atoms with Gasteiger partial charge in [-0.15, -0.1) is 11.8 Å². The molecule has 0 unspecified atom stereocenters. The molecule has 1 amide bonds. The number of nitrogens with zero attached hydrogens (tertiary/aromatic N) is 1. The fourth-order valence-corrected chi connectivity index (χ4v) is 5.01. The summed E-state index contributed by atoms with van der Waals surface area (Å²) in [7, 11) is 2.04. The molecule has 0 saturated carbocycles. The fraction of sp³-hybridized carbons (Fsp3) is 0.550. The van der Waals surface area contributed by atoms with Gasteiger partial charge in [-0.25, -0.2) is 0 Å². The van der Waals surface area contributed by atoms with E-state index in [4.69, 9.17) is 9.47 Å².